The summed E-state index contributed by atoms with van der Waals surface area (Å²) in [5.74, 6) is -0.398. The summed E-state index contributed by atoms with van der Waals surface area (Å²) in [5.41, 5.74) is 1.33. The number of aliphatic hydroxyl groups excluding tert-OH is 1. The maximum atomic E-state index is 14.1. The first-order valence-electron chi connectivity index (χ1n) is 6.75. The van der Waals surface area contributed by atoms with E-state index in [1.165, 1.54) is 0 Å². The third kappa shape index (κ3) is 2.85. The van der Waals surface area contributed by atoms with Gasteiger partial charge >= 0.3 is 0 Å². The fourth-order valence-electron chi connectivity index (χ4n) is 2.57. The van der Waals surface area contributed by atoms with Crippen LogP contribution in [0.1, 0.15) is 17.2 Å². The van der Waals surface area contributed by atoms with E-state index in [-0.39, 0.29) is 0 Å². The quantitative estimate of drug-likeness (QED) is 0.707. The van der Waals surface area contributed by atoms with Crippen molar-refractivity contribution in [2.75, 3.05) is 0 Å². The van der Waals surface area contributed by atoms with Gasteiger partial charge in [0.25, 0.3) is 0 Å². The normalized spacial score (nSPS) is 12.5. The lowest BCUT2D eigenvalue weighted by molar-refractivity contribution is 0.174. The summed E-state index contributed by atoms with van der Waals surface area (Å²) >= 11 is 3.15. The van der Waals surface area contributed by atoms with Crippen molar-refractivity contribution in [1.82, 2.24) is 0 Å². The number of rotatable bonds is 3. The highest BCUT2D eigenvalue weighted by Crippen LogP contribution is 2.28. The van der Waals surface area contributed by atoms with Gasteiger partial charge in [0.15, 0.2) is 0 Å². The second-order valence-corrected chi connectivity index (χ2v) is 5.86. The van der Waals surface area contributed by atoms with Gasteiger partial charge < -0.3 is 5.11 Å². The Morgan fingerprint density at radius 2 is 1.67 bits per heavy atom. The fourth-order valence-corrected chi connectivity index (χ4v) is 2.95. The Morgan fingerprint density at radius 3 is 2.52 bits per heavy atom. The first kappa shape index (κ1) is 14.2. The van der Waals surface area contributed by atoms with E-state index in [0.717, 1.165) is 16.3 Å². The van der Waals surface area contributed by atoms with Crippen molar-refractivity contribution in [2.24, 2.45) is 0 Å². The Balaban J connectivity index is 1.97. The molecule has 0 amide bonds. The van der Waals surface area contributed by atoms with Crippen LogP contribution in [0.4, 0.5) is 4.39 Å². The zero-order chi connectivity index (χ0) is 14.8. The van der Waals surface area contributed by atoms with Crippen LogP contribution in [0.3, 0.4) is 0 Å². The molecule has 1 atom stereocenters. The molecular weight excluding hydrogens is 331 g/mol. The van der Waals surface area contributed by atoms with E-state index in [0.29, 0.717) is 16.5 Å². The lowest BCUT2D eigenvalue weighted by atomic mass is 9.96. The summed E-state index contributed by atoms with van der Waals surface area (Å²) in [7, 11) is 0. The third-order valence-electron chi connectivity index (χ3n) is 3.63. The minimum atomic E-state index is -0.867. The van der Waals surface area contributed by atoms with Gasteiger partial charge in [-0.2, -0.15) is 0 Å². The number of halogens is 2. The second kappa shape index (κ2) is 5.96. The van der Waals surface area contributed by atoms with Crippen LogP contribution in [0.2, 0.25) is 0 Å². The Hall–Kier alpha value is -1.71. The van der Waals surface area contributed by atoms with E-state index < -0.39 is 11.9 Å². The fraction of sp³-hybridized carbons (Fsp3) is 0.111. The molecule has 0 bridgehead atoms. The molecule has 1 N–H and O–H groups in total. The number of benzene rings is 3. The average Bonchev–Trinajstić information content (AvgIpc) is 2.50. The summed E-state index contributed by atoms with van der Waals surface area (Å²) in [6, 6.07) is 19.0. The monoisotopic (exact) mass is 344 g/mol. The van der Waals surface area contributed by atoms with E-state index in [1.54, 1.807) is 18.2 Å². The molecule has 0 saturated carbocycles. The van der Waals surface area contributed by atoms with Crippen molar-refractivity contribution < 1.29 is 9.50 Å². The molecular formula is C18H14BrFO. The van der Waals surface area contributed by atoms with E-state index >= 15 is 0 Å². The largest absolute Gasteiger partial charge is 0.388 e. The van der Waals surface area contributed by atoms with Gasteiger partial charge in [-0.3, -0.25) is 0 Å². The zero-order valence-corrected chi connectivity index (χ0v) is 12.8. The van der Waals surface area contributed by atoms with Crippen LogP contribution in [0, 0.1) is 5.82 Å². The lowest BCUT2D eigenvalue weighted by Crippen LogP contribution is -2.05. The van der Waals surface area contributed by atoms with Gasteiger partial charge in [-0.05, 0) is 38.3 Å². The van der Waals surface area contributed by atoms with Crippen molar-refractivity contribution in [1.29, 1.82) is 0 Å². The molecule has 3 heteroatoms. The van der Waals surface area contributed by atoms with Crippen LogP contribution in [-0.2, 0) is 6.42 Å². The molecule has 0 spiro atoms. The van der Waals surface area contributed by atoms with Gasteiger partial charge in [0.05, 0.1) is 10.6 Å². The first-order valence-corrected chi connectivity index (χ1v) is 7.55. The van der Waals surface area contributed by atoms with Crippen molar-refractivity contribution in [3.63, 3.8) is 0 Å². The molecule has 0 aliphatic rings. The maximum absolute atomic E-state index is 14.1. The molecule has 21 heavy (non-hydrogen) atoms. The SMILES string of the molecule is OC(Cc1cccc2ccccc12)c1cccc(Br)c1F. The molecule has 0 aliphatic carbocycles. The highest BCUT2D eigenvalue weighted by molar-refractivity contribution is 9.10. The van der Waals surface area contributed by atoms with Gasteiger partial charge in [-0.15, -0.1) is 0 Å². The molecule has 3 aromatic carbocycles. The molecule has 0 saturated heterocycles. The Labute approximate surface area is 131 Å². The van der Waals surface area contributed by atoms with Crippen molar-refractivity contribution in [2.45, 2.75) is 12.5 Å². The van der Waals surface area contributed by atoms with Crippen molar-refractivity contribution >= 4 is 26.7 Å². The van der Waals surface area contributed by atoms with E-state index in [1.807, 2.05) is 42.5 Å². The molecule has 0 aromatic heterocycles. The van der Waals surface area contributed by atoms with E-state index in [9.17, 15) is 9.50 Å². The van der Waals surface area contributed by atoms with Gasteiger partial charge in [0.2, 0.25) is 0 Å². The van der Waals surface area contributed by atoms with E-state index in [2.05, 4.69) is 15.9 Å². The third-order valence-corrected chi connectivity index (χ3v) is 4.25. The minimum absolute atomic E-state index is 0.317. The number of hydrogen-bond acceptors (Lipinski definition) is 1. The Bertz CT molecular complexity index is 780. The van der Waals surface area contributed by atoms with Crippen LogP contribution in [-0.4, -0.2) is 5.11 Å². The van der Waals surface area contributed by atoms with Crippen LogP contribution >= 0.6 is 15.9 Å². The second-order valence-electron chi connectivity index (χ2n) is 5.00. The molecule has 106 valence electrons. The maximum Gasteiger partial charge on any atom is 0.143 e. The molecule has 0 fully saturated rings. The molecule has 0 radical (unpaired) electrons. The van der Waals surface area contributed by atoms with Gasteiger partial charge in [-0.1, -0.05) is 54.6 Å². The first-order chi connectivity index (χ1) is 10.2. The highest BCUT2D eigenvalue weighted by Gasteiger charge is 2.16. The topological polar surface area (TPSA) is 20.2 Å². The molecule has 3 rings (SSSR count). The molecule has 1 nitrogen and oxygen atoms in total. The summed E-state index contributed by atoms with van der Waals surface area (Å²) in [6.45, 7) is 0. The van der Waals surface area contributed by atoms with Crippen molar-refractivity contribution in [3.8, 4) is 0 Å². The highest BCUT2D eigenvalue weighted by atomic mass is 79.9. The molecule has 0 aliphatic heterocycles. The number of aliphatic hydroxyl groups is 1. The predicted molar refractivity (Wildman–Crippen MR) is 86.7 cm³/mol. The summed E-state index contributed by atoms with van der Waals surface area (Å²) in [5, 5.41) is 12.6. The Kier molecular flexibility index (Phi) is 4.04. The molecule has 3 aromatic rings. The van der Waals surface area contributed by atoms with Crippen LogP contribution in [0.15, 0.2) is 65.1 Å². The minimum Gasteiger partial charge on any atom is -0.388 e. The molecule has 0 heterocycles. The average molecular weight is 345 g/mol. The summed E-state index contributed by atoms with van der Waals surface area (Å²) in [6.07, 6.45) is -0.484. The lowest BCUT2D eigenvalue weighted by Gasteiger charge is -2.14. The summed E-state index contributed by atoms with van der Waals surface area (Å²) in [4.78, 5) is 0. The van der Waals surface area contributed by atoms with Crippen LogP contribution in [0.5, 0.6) is 0 Å². The van der Waals surface area contributed by atoms with E-state index in [4.69, 9.17) is 0 Å². The summed E-state index contributed by atoms with van der Waals surface area (Å²) < 4.78 is 14.4. The van der Waals surface area contributed by atoms with Crippen molar-refractivity contribution in [3.05, 3.63) is 82.1 Å². The van der Waals surface area contributed by atoms with Crippen LogP contribution < -0.4 is 0 Å². The van der Waals surface area contributed by atoms with Gasteiger partial charge in [-0.25, -0.2) is 4.39 Å². The van der Waals surface area contributed by atoms with Gasteiger partial charge in [0, 0.05) is 12.0 Å². The van der Waals surface area contributed by atoms with Gasteiger partial charge in [0.1, 0.15) is 5.82 Å². The predicted octanol–water partition coefficient (Wildman–Crippen LogP) is 5.02. The number of hydrogen-bond donors (Lipinski definition) is 1. The zero-order valence-electron chi connectivity index (χ0n) is 11.3. The Morgan fingerprint density at radius 1 is 0.952 bits per heavy atom. The number of fused-ring (bicyclic) bond motifs is 1. The molecule has 1 unspecified atom stereocenters. The van der Waals surface area contributed by atoms with Crippen LogP contribution in [0.25, 0.3) is 10.8 Å². The standard InChI is InChI=1S/C18H14BrFO/c19-16-10-4-9-15(18(16)20)17(21)11-13-7-3-6-12-5-1-2-8-14(12)13/h1-10,17,21H,11H2. The smallest absolute Gasteiger partial charge is 0.143 e.